The second-order valence-electron chi connectivity index (χ2n) is 4.67. The Morgan fingerprint density at radius 2 is 1.83 bits per heavy atom. The summed E-state index contributed by atoms with van der Waals surface area (Å²) < 4.78 is 17.1. The van der Waals surface area contributed by atoms with Gasteiger partial charge < -0.3 is 14.2 Å². The van der Waals surface area contributed by atoms with Gasteiger partial charge in [-0.25, -0.2) is 4.79 Å². The van der Waals surface area contributed by atoms with E-state index in [1.165, 1.54) is 25.0 Å². The molecule has 1 aromatic heterocycles. The van der Waals surface area contributed by atoms with Crippen LogP contribution in [0.2, 0.25) is 0 Å². The van der Waals surface area contributed by atoms with E-state index in [-0.39, 0.29) is 6.01 Å². The van der Waals surface area contributed by atoms with Crippen LogP contribution in [0.3, 0.4) is 0 Å². The van der Waals surface area contributed by atoms with Crippen LogP contribution in [0.4, 0.5) is 0 Å². The van der Waals surface area contributed by atoms with Gasteiger partial charge in [-0.2, -0.15) is 4.68 Å². The van der Waals surface area contributed by atoms with Crippen LogP contribution in [0.25, 0.3) is 5.69 Å². The van der Waals surface area contributed by atoms with Gasteiger partial charge in [0.25, 0.3) is 0 Å². The van der Waals surface area contributed by atoms with Gasteiger partial charge >= 0.3 is 12.0 Å². The summed E-state index contributed by atoms with van der Waals surface area (Å²) in [5, 5.41) is 11.4. The number of esters is 1. The summed E-state index contributed by atoms with van der Waals surface area (Å²) >= 11 is 0. The fraction of sp³-hybridized carbons (Fsp3) is 0.125. The third kappa shape index (κ3) is 3.02. The van der Waals surface area contributed by atoms with Crippen molar-refractivity contribution in [3.63, 3.8) is 0 Å². The number of aromatic nitrogens is 4. The lowest BCUT2D eigenvalue weighted by Crippen LogP contribution is -2.03. The van der Waals surface area contributed by atoms with E-state index in [0.29, 0.717) is 17.1 Å². The number of ether oxygens (including phenoxy) is 3. The Labute approximate surface area is 137 Å². The van der Waals surface area contributed by atoms with Gasteiger partial charge in [0, 0.05) is 0 Å². The molecular weight excluding hydrogens is 312 g/mol. The highest BCUT2D eigenvalue weighted by atomic mass is 16.5. The minimum Gasteiger partial charge on any atom is -0.493 e. The van der Waals surface area contributed by atoms with E-state index in [2.05, 4.69) is 20.3 Å². The van der Waals surface area contributed by atoms with Crippen molar-refractivity contribution in [2.75, 3.05) is 14.2 Å². The van der Waals surface area contributed by atoms with E-state index >= 15 is 0 Å². The van der Waals surface area contributed by atoms with Gasteiger partial charge in [0.2, 0.25) is 0 Å². The molecule has 3 rings (SSSR count). The molecule has 2 aromatic carbocycles. The molecule has 0 unspecified atom stereocenters. The summed E-state index contributed by atoms with van der Waals surface area (Å²) in [5.74, 6) is 0.270. The number of benzene rings is 2. The molecule has 0 amide bonds. The molecule has 0 saturated carbocycles. The average Bonchev–Trinajstić information content (AvgIpc) is 3.10. The van der Waals surface area contributed by atoms with Crippen molar-refractivity contribution < 1.29 is 19.0 Å². The van der Waals surface area contributed by atoms with Crippen molar-refractivity contribution in [2.24, 2.45) is 0 Å². The Bertz CT molecular complexity index is 848. The van der Waals surface area contributed by atoms with Crippen LogP contribution in [0.15, 0.2) is 48.5 Å². The molecule has 0 atom stereocenters. The molecule has 0 fully saturated rings. The molecule has 0 aliphatic carbocycles. The molecular formula is C16H14N4O4. The van der Waals surface area contributed by atoms with Gasteiger partial charge in [0.15, 0.2) is 11.5 Å². The maximum atomic E-state index is 11.6. The Kier molecular flexibility index (Phi) is 4.37. The molecule has 122 valence electrons. The van der Waals surface area contributed by atoms with E-state index < -0.39 is 5.97 Å². The van der Waals surface area contributed by atoms with E-state index in [4.69, 9.17) is 9.47 Å². The maximum absolute atomic E-state index is 11.6. The number of carbonyl (C=O) groups is 1. The van der Waals surface area contributed by atoms with E-state index in [1.807, 2.05) is 30.3 Å². The summed E-state index contributed by atoms with van der Waals surface area (Å²) in [6, 6.07) is 14.2. The molecule has 0 aliphatic rings. The summed E-state index contributed by atoms with van der Waals surface area (Å²) in [4.78, 5) is 11.6. The molecule has 24 heavy (non-hydrogen) atoms. The lowest BCUT2D eigenvalue weighted by Gasteiger charge is -2.10. The van der Waals surface area contributed by atoms with Crippen molar-refractivity contribution in [3.05, 3.63) is 54.1 Å². The molecule has 8 nitrogen and oxygen atoms in total. The molecule has 0 bridgehead atoms. The Morgan fingerprint density at radius 3 is 2.54 bits per heavy atom. The molecule has 0 radical (unpaired) electrons. The van der Waals surface area contributed by atoms with Crippen molar-refractivity contribution >= 4 is 5.97 Å². The van der Waals surface area contributed by atoms with Crippen molar-refractivity contribution in [3.8, 4) is 23.2 Å². The predicted molar refractivity (Wildman–Crippen MR) is 83.6 cm³/mol. The highest BCUT2D eigenvalue weighted by molar-refractivity contribution is 5.90. The zero-order chi connectivity index (χ0) is 16.9. The first-order chi connectivity index (χ1) is 11.7. The van der Waals surface area contributed by atoms with Gasteiger partial charge in [0.1, 0.15) is 0 Å². The number of tetrazole rings is 1. The maximum Gasteiger partial charge on any atom is 0.346 e. The Balaban J connectivity index is 1.92. The Morgan fingerprint density at radius 1 is 1.04 bits per heavy atom. The first-order valence-corrected chi connectivity index (χ1v) is 7.01. The van der Waals surface area contributed by atoms with E-state index in [9.17, 15) is 4.79 Å². The number of hydrogen-bond acceptors (Lipinski definition) is 7. The summed E-state index contributed by atoms with van der Waals surface area (Å²) in [6.45, 7) is 0. The van der Waals surface area contributed by atoms with Gasteiger partial charge in [0.05, 0.1) is 25.5 Å². The van der Waals surface area contributed by atoms with Gasteiger partial charge in [-0.05, 0) is 40.8 Å². The van der Waals surface area contributed by atoms with Gasteiger partial charge in [-0.1, -0.05) is 23.3 Å². The summed E-state index contributed by atoms with van der Waals surface area (Å²) in [6.07, 6.45) is 0. The molecule has 0 spiro atoms. The van der Waals surface area contributed by atoms with Crippen molar-refractivity contribution in [2.45, 2.75) is 0 Å². The summed E-state index contributed by atoms with van der Waals surface area (Å²) in [5.41, 5.74) is 1.10. The normalized spacial score (nSPS) is 10.2. The lowest BCUT2D eigenvalue weighted by molar-refractivity contribution is 0.0600. The van der Waals surface area contributed by atoms with Crippen LogP contribution < -0.4 is 9.47 Å². The van der Waals surface area contributed by atoms with Crippen LogP contribution in [0.5, 0.6) is 17.5 Å². The van der Waals surface area contributed by atoms with Crippen LogP contribution in [0, 0.1) is 0 Å². The topological polar surface area (TPSA) is 88.4 Å². The molecule has 0 N–H and O–H groups in total. The summed E-state index contributed by atoms with van der Waals surface area (Å²) in [7, 11) is 2.79. The highest BCUT2D eigenvalue weighted by Crippen LogP contribution is 2.32. The second-order valence-corrected chi connectivity index (χ2v) is 4.67. The second kappa shape index (κ2) is 6.78. The van der Waals surface area contributed by atoms with Crippen LogP contribution in [-0.4, -0.2) is 40.4 Å². The number of para-hydroxylation sites is 1. The fourth-order valence-corrected chi connectivity index (χ4v) is 2.07. The number of methoxy groups -OCH3 is 2. The number of rotatable bonds is 5. The SMILES string of the molecule is COC(=O)c1ccc(Oc2nnnn2-c2ccccc2)c(OC)c1. The minimum absolute atomic E-state index is 0.172. The fourth-order valence-electron chi connectivity index (χ4n) is 2.07. The standard InChI is InChI=1S/C16H14N4O4/c1-22-14-10-11(15(21)23-2)8-9-13(14)24-16-17-18-19-20(16)12-6-4-3-5-7-12/h3-10H,1-2H3. The third-order valence-electron chi connectivity index (χ3n) is 3.23. The number of nitrogens with zero attached hydrogens (tertiary/aromatic N) is 4. The highest BCUT2D eigenvalue weighted by Gasteiger charge is 2.16. The van der Waals surface area contributed by atoms with Gasteiger partial charge in [-0.3, -0.25) is 0 Å². The lowest BCUT2D eigenvalue weighted by atomic mass is 10.2. The van der Waals surface area contributed by atoms with Crippen molar-refractivity contribution in [1.82, 2.24) is 20.2 Å². The van der Waals surface area contributed by atoms with E-state index in [0.717, 1.165) is 5.69 Å². The van der Waals surface area contributed by atoms with Crippen LogP contribution in [-0.2, 0) is 4.74 Å². The zero-order valence-corrected chi connectivity index (χ0v) is 13.0. The van der Waals surface area contributed by atoms with Crippen molar-refractivity contribution in [1.29, 1.82) is 0 Å². The predicted octanol–water partition coefficient (Wildman–Crippen LogP) is 2.25. The number of hydrogen-bond donors (Lipinski definition) is 0. The molecule has 3 aromatic rings. The van der Waals surface area contributed by atoms with Crippen LogP contribution in [0.1, 0.15) is 10.4 Å². The monoisotopic (exact) mass is 326 g/mol. The smallest absolute Gasteiger partial charge is 0.346 e. The molecule has 1 heterocycles. The zero-order valence-electron chi connectivity index (χ0n) is 13.0. The molecule has 0 aliphatic heterocycles. The first-order valence-electron chi connectivity index (χ1n) is 7.01. The average molecular weight is 326 g/mol. The van der Waals surface area contributed by atoms with Gasteiger partial charge in [-0.15, -0.1) is 0 Å². The quantitative estimate of drug-likeness (QED) is 0.664. The van der Waals surface area contributed by atoms with E-state index in [1.54, 1.807) is 12.1 Å². The largest absolute Gasteiger partial charge is 0.493 e. The third-order valence-corrected chi connectivity index (χ3v) is 3.23. The first kappa shape index (κ1) is 15.5. The van der Waals surface area contributed by atoms with Crippen LogP contribution >= 0.6 is 0 Å². The Hall–Kier alpha value is -3.42. The molecule has 0 saturated heterocycles. The number of carbonyl (C=O) groups excluding carboxylic acids is 1. The molecule has 8 heteroatoms. The minimum atomic E-state index is -0.464.